The number of hydrogen-bond acceptors (Lipinski definition) is 4. The number of hydrogen-bond donors (Lipinski definition) is 2. The number of aryl methyl sites for hydroxylation is 2. The molecule has 0 saturated heterocycles. The van der Waals surface area contributed by atoms with Crippen LogP contribution < -0.4 is 11.1 Å². The van der Waals surface area contributed by atoms with Crippen LogP contribution in [0.1, 0.15) is 11.4 Å². The Morgan fingerprint density at radius 3 is 2.72 bits per heavy atom. The largest absolute Gasteiger partial charge is 0.338 e. The maximum Gasteiger partial charge on any atom is 0.242 e. The van der Waals surface area contributed by atoms with Crippen molar-refractivity contribution in [1.29, 1.82) is 0 Å². The lowest BCUT2D eigenvalue weighted by Gasteiger charge is -2.11. The first kappa shape index (κ1) is 17.2. The van der Waals surface area contributed by atoms with E-state index in [0.717, 1.165) is 17.1 Å². The molecule has 130 valence electrons. The van der Waals surface area contributed by atoms with Crippen LogP contribution in [-0.2, 0) is 18.3 Å². The molecular formula is C17H19ClN6O. The van der Waals surface area contributed by atoms with E-state index < -0.39 is 6.04 Å². The van der Waals surface area contributed by atoms with Crippen molar-refractivity contribution in [3.05, 3.63) is 59.3 Å². The topological polar surface area (TPSA) is 90.8 Å². The van der Waals surface area contributed by atoms with E-state index in [9.17, 15) is 4.79 Å². The number of nitrogens with one attached hydrogen (secondary N) is 1. The van der Waals surface area contributed by atoms with Crippen LogP contribution in [0.3, 0.4) is 0 Å². The molecular weight excluding hydrogens is 340 g/mol. The van der Waals surface area contributed by atoms with Crippen LogP contribution in [0.4, 0.5) is 5.82 Å². The number of benzene rings is 1. The highest BCUT2D eigenvalue weighted by molar-refractivity contribution is 6.30. The van der Waals surface area contributed by atoms with Crippen molar-refractivity contribution in [2.75, 3.05) is 5.32 Å². The number of carbonyl (C=O) groups excluding carboxylic acids is 1. The SMILES string of the molecule is Cc1cn(-c2ccc(Cl)cc2)nc1NC(=O)C(N)Cc1nccn1C. The lowest BCUT2D eigenvalue weighted by Crippen LogP contribution is -2.38. The number of nitrogens with zero attached hydrogens (tertiary/aromatic N) is 4. The Morgan fingerprint density at radius 2 is 2.08 bits per heavy atom. The summed E-state index contributed by atoms with van der Waals surface area (Å²) >= 11 is 5.90. The number of amides is 1. The van der Waals surface area contributed by atoms with Gasteiger partial charge in [-0.1, -0.05) is 11.6 Å². The molecule has 3 N–H and O–H groups in total. The van der Waals surface area contributed by atoms with E-state index >= 15 is 0 Å². The smallest absolute Gasteiger partial charge is 0.242 e. The Balaban J connectivity index is 1.71. The molecule has 8 heteroatoms. The summed E-state index contributed by atoms with van der Waals surface area (Å²) in [5.41, 5.74) is 7.69. The second-order valence-electron chi connectivity index (χ2n) is 5.84. The zero-order valence-electron chi connectivity index (χ0n) is 14.0. The maximum absolute atomic E-state index is 12.4. The van der Waals surface area contributed by atoms with Crippen molar-refractivity contribution in [3.63, 3.8) is 0 Å². The average Bonchev–Trinajstić information content (AvgIpc) is 3.14. The van der Waals surface area contributed by atoms with Crippen molar-refractivity contribution in [3.8, 4) is 5.69 Å². The average molecular weight is 359 g/mol. The van der Waals surface area contributed by atoms with E-state index in [1.54, 1.807) is 23.0 Å². The third kappa shape index (κ3) is 3.89. The molecule has 1 unspecified atom stereocenters. The zero-order chi connectivity index (χ0) is 18.0. The summed E-state index contributed by atoms with van der Waals surface area (Å²) in [7, 11) is 1.87. The first-order valence-corrected chi connectivity index (χ1v) is 8.16. The van der Waals surface area contributed by atoms with Gasteiger partial charge in [0.25, 0.3) is 0 Å². The van der Waals surface area contributed by atoms with Gasteiger partial charge in [-0.25, -0.2) is 9.67 Å². The molecule has 0 aliphatic heterocycles. The molecule has 2 heterocycles. The monoisotopic (exact) mass is 358 g/mol. The standard InChI is InChI=1S/C17H19ClN6O/c1-11-10-24(13-5-3-12(18)4-6-13)22-16(11)21-17(25)14(19)9-15-20-7-8-23(15)2/h3-8,10,14H,9,19H2,1-2H3,(H,21,22,25). The molecule has 7 nitrogen and oxygen atoms in total. The summed E-state index contributed by atoms with van der Waals surface area (Å²) in [5.74, 6) is 0.939. The first-order chi connectivity index (χ1) is 11.9. The first-order valence-electron chi connectivity index (χ1n) is 7.79. The van der Waals surface area contributed by atoms with Crippen molar-refractivity contribution >= 4 is 23.3 Å². The van der Waals surface area contributed by atoms with Gasteiger partial charge in [-0.3, -0.25) is 4.79 Å². The molecule has 0 fully saturated rings. The minimum absolute atomic E-state index is 0.299. The molecule has 0 aliphatic rings. The summed E-state index contributed by atoms with van der Waals surface area (Å²) in [6.07, 6.45) is 5.69. The van der Waals surface area contributed by atoms with Gasteiger partial charge >= 0.3 is 0 Å². The molecule has 1 aromatic carbocycles. The zero-order valence-corrected chi connectivity index (χ0v) is 14.7. The summed E-state index contributed by atoms with van der Waals surface area (Å²) in [5, 5.41) is 7.85. The predicted molar refractivity (Wildman–Crippen MR) is 96.8 cm³/mol. The fourth-order valence-electron chi connectivity index (χ4n) is 2.40. The fraction of sp³-hybridized carbons (Fsp3) is 0.235. The van der Waals surface area contributed by atoms with Crippen LogP contribution in [0.5, 0.6) is 0 Å². The van der Waals surface area contributed by atoms with Crippen molar-refractivity contribution in [2.24, 2.45) is 12.8 Å². The lowest BCUT2D eigenvalue weighted by molar-refractivity contribution is -0.117. The fourth-order valence-corrected chi connectivity index (χ4v) is 2.53. The van der Waals surface area contributed by atoms with E-state index in [4.69, 9.17) is 17.3 Å². The summed E-state index contributed by atoms with van der Waals surface area (Å²) in [6, 6.07) is 6.57. The normalized spacial score (nSPS) is 12.2. The van der Waals surface area contributed by atoms with Crippen molar-refractivity contribution < 1.29 is 4.79 Å². The van der Waals surface area contributed by atoms with Crippen LogP contribution in [0.15, 0.2) is 42.9 Å². The second kappa shape index (κ2) is 7.08. The summed E-state index contributed by atoms with van der Waals surface area (Å²) < 4.78 is 3.53. The van der Waals surface area contributed by atoms with Crippen LogP contribution in [0.25, 0.3) is 5.69 Å². The van der Waals surface area contributed by atoms with Crippen molar-refractivity contribution in [1.82, 2.24) is 19.3 Å². The number of rotatable bonds is 5. The molecule has 0 aliphatic carbocycles. The number of nitrogens with two attached hydrogens (primary N) is 1. The minimum Gasteiger partial charge on any atom is -0.338 e. The van der Waals surface area contributed by atoms with Gasteiger partial charge in [0.2, 0.25) is 5.91 Å². The Kier molecular flexibility index (Phi) is 4.87. The quantitative estimate of drug-likeness (QED) is 0.730. The number of aromatic nitrogens is 4. The molecule has 0 saturated carbocycles. The van der Waals surface area contributed by atoms with Crippen LogP contribution in [-0.4, -0.2) is 31.3 Å². The highest BCUT2D eigenvalue weighted by Crippen LogP contribution is 2.18. The van der Waals surface area contributed by atoms with E-state index in [1.165, 1.54) is 0 Å². The number of anilines is 1. The van der Waals surface area contributed by atoms with Gasteiger partial charge in [-0.15, -0.1) is 5.10 Å². The molecule has 3 aromatic rings. The number of halogens is 1. The molecule has 25 heavy (non-hydrogen) atoms. The van der Waals surface area contributed by atoms with Gasteiger partial charge in [-0.05, 0) is 31.2 Å². The van der Waals surface area contributed by atoms with Gasteiger partial charge in [0.1, 0.15) is 5.82 Å². The van der Waals surface area contributed by atoms with Crippen molar-refractivity contribution in [2.45, 2.75) is 19.4 Å². The Labute approximate surface area is 150 Å². The van der Waals surface area contributed by atoms with Crippen LogP contribution in [0.2, 0.25) is 5.02 Å². The second-order valence-corrected chi connectivity index (χ2v) is 6.27. The molecule has 0 radical (unpaired) electrons. The van der Waals surface area contributed by atoms with Gasteiger partial charge in [0.05, 0.1) is 11.7 Å². The molecule has 0 spiro atoms. The van der Waals surface area contributed by atoms with E-state index in [0.29, 0.717) is 17.3 Å². The molecule has 2 aromatic heterocycles. The Morgan fingerprint density at radius 1 is 1.36 bits per heavy atom. The highest BCUT2D eigenvalue weighted by Gasteiger charge is 2.18. The Hall–Kier alpha value is -2.64. The maximum atomic E-state index is 12.4. The third-order valence-electron chi connectivity index (χ3n) is 3.89. The van der Waals surface area contributed by atoms with Gasteiger partial charge in [0.15, 0.2) is 5.82 Å². The van der Waals surface area contributed by atoms with Gasteiger partial charge in [-0.2, -0.15) is 0 Å². The predicted octanol–water partition coefficient (Wildman–Crippen LogP) is 2.08. The van der Waals surface area contributed by atoms with E-state index in [1.807, 2.05) is 43.1 Å². The summed E-state index contributed by atoms with van der Waals surface area (Å²) in [4.78, 5) is 16.5. The number of carbonyl (C=O) groups is 1. The number of imidazole rings is 1. The van der Waals surface area contributed by atoms with Crippen LogP contribution in [0, 0.1) is 6.92 Å². The third-order valence-corrected chi connectivity index (χ3v) is 4.14. The van der Waals surface area contributed by atoms with Gasteiger partial charge in [0, 0.05) is 42.6 Å². The Bertz CT molecular complexity index is 883. The van der Waals surface area contributed by atoms with Crippen LogP contribution >= 0.6 is 11.6 Å². The lowest BCUT2D eigenvalue weighted by atomic mass is 10.2. The molecule has 3 rings (SSSR count). The minimum atomic E-state index is -0.707. The summed E-state index contributed by atoms with van der Waals surface area (Å²) in [6.45, 7) is 1.87. The molecule has 0 bridgehead atoms. The van der Waals surface area contributed by atoms with Gasteiger partial charge < -0.3 is 15.6 Å². The van der Waals surface area contributed by atoms with E-state index in [-0.39, 0.29) is 5.91 Å². The molecule has 1 atom stereocenters. The highest BCUT2D eigenvalue weighted by atomic mass is 35.5. The van der Waals surface area contributed by atoms with E-state index in [2.05, 4.69) is 15.4 Å². The molecule has 1 amide bonds.